The van der Waals surface area contributed by atoms with Gasteiger partial charge in [-0.25, -0.2) is 4.39 Å². The van der Waals surface area contributed by atoms with Crippen LogP contribution in [0.25, 0.3) is 0 Å². The van der Waals surface area contributed by atoms with Crippen molar-refractivity contribution in [3.8, 4) is 0 Å². The Balaban J connectivity index is 1.88. The van der Waals surface area contributed by atoms with Crippen LogP contribution in [0.2, 0.25) is 0 Å². The molecule has 160 valence electrons. The quantitative estimate of drug-likeness (QED) is 0.756. The molecule has 0 bridgehead atoms. The standard InChI is InChI=1S/C22H32FN3O3/c1-15(2)13-19(27)24-21(16(3)4)22(29)26-11-9-25(10-12-26)20(28)14-17-5-7-18(23)8-6-17/h5-8,15-16,21H,9-14H2,1-4H3,(H,24,27). The molecule has 1 saturated heterocycles. The molecular formula is C22H32FN3O3. The summed E-state index contributed by atoms with van der Waals surface area (Å²) in [6.45, 7) is 9.56. The van der Waals surface area contributed by atoms with Gasteiger partial charge in [0.15, 0.2) is 0 Å². The zero-order valence-electron chi connectivity index (χ0n) is 17.8. The van der Waals surface area contributed by atoms with Crippen molar-refractivity contribution in [3.63, 3.8) is 0 Å². The predicted octanol–water partition coefficient (Wildman–Crippen LogP) is 2.23. The maximum atomic E-state index is 13.0. The second kappa shape index (κ2) is 10.4. The minimum absolute atomic E-state index is 0.0169. The van der Waals surface area contributed by atoms with E-state index in [0.717, 1.165) is 5.56 Å². The van der Waals surface area contributed by atoms with Gasteiger partial charge in [0.25, 0.3) is 0 Å². The van der Waals surface area contributed by atoms with E-state index < -0.39 is 6.04 Å². The molecule has 7 heteroatoms. The molecule has 1 heterocycles. The maximum Gasteiger partial charge on any atom is 0.245 e. The maximum absolute atomic E-state index is 13.0. The lowest BCUT2D eigenvalue weighted by atomic mass is 10.0. The zero-order chi connectivity index (χ0) is 21.6. The number of carbonyl (C=O) groups excluding carboxylic acids is 3. The van der Waals surface area contributed by atoms with E-state index in [2.05, 4.69) is 5.32 Å². The number of nitrogens with one attached hydrogen (secondary N) is 1. The lowest BCUT2D eigenvalue weighted by molar-refractivity contribution is -0.142. The van der Waals surface area contributed by atoms with Crippen LogP contribution < -0.4 is 5.32 Å². The van der Waals surface area contributed by atoms with Gasteiger partial charge in [-0.1, -0.05) is 39.8 Å². The third-order valence-electron chi connectivity index (χ3n) is 5.06. The Morgan fingerprint density at radius 2 is 1.52 bits per heavy atom. The van der Waals surface area contributed by atoms with Gasteiger partial charge in [-0.2, -0.15) is 0 Å². The van der Waals surface area contributed by atoms with E-state index in [9.17, 15) is 18.8 Å². The largest absolute Gasteiger partial charge is 0.344 e. The van der Waals surface area contributed by atoms with Crippen LogP contribution >= 0.6 is 0 Å². The lowest BCUT2D eigenvalue weighted by Gasteiger charge is -2.37. The first-order chi connectivity index (χ1) is 13.7. The number of carbonyl (C=O) groups is 3. The smallest absolute Gasteiger partial charge is 0.245 e. The van der Waals surface area contributed by atoms with Crippen LogP contribution in [0, 0.1) is 17.7 Å². The molecule has 0 spiro atoms. The van der Waals surface area contributed by atoms with Gasteiger partial charge in [0.05, 0.1) is 6.42 Å². The molecule has 6 nitrogen and oxygen atoms in total. The number of benzene rings is 1. The highest BCUT2D eigenvalue weighted by Crippen LogP contribution is 2.12. The first-order valence-corrected chi connectivity index (χ1v) is 10.3. The van der Waals surface area contributed by atoms with Crippen LogP contribution in [-0.4, -0.2) is 59.7 Å². The topological polar surface area (TPSA) is 69.7 Å². The van der Waals surface area contributed by atoms with Gasteiger partial charge in [-0.15, -0.1) is 0 Å². The van der Waals surface area contributed by atoms with Crippen molar-refractivity contribution in [1.29, 1.82) is 0 Å². The number of hydrogen-bond acceptors (Lipinski definition) is 3. The summed E-state index contributed by atoms with van der Waals surface area (Å²) in [7, 11) is 0. The van der Waals surface area contributed by atoms with E-state index in [1.54, 1.807) is 21.9 Å². The summed E-state index contributed by atoms with van der Waals surface area (Å²) in [5, 5.41) is 2.87. The van der Waals surface area contributed by atoms with E-state index in [0.29, 0.717) is 32.6 Å². The molecule has 1 atom stereocenters. The van der Waals surface area contributed by atoms with Crippen LogP contribution in [-0.2, 0) is 20.8 Å². The summed E-state index contributed by atoms with van der Waals surface area (Å²) >= 11 is 0. The van der Waals surface area contributed by atoms with E-state index in [1.807, 2.05) is 27.7 Å². The fraction of sp³-hybridized carbons (Fsp3) is 0.591. The van der Waals surface area contributed by atoms with Crippen LogP contribution in [0.3, 0.4) is 0 Å². The highest BCUT2D eigenvalue weighted by molar-refractivity contribution is 5.88. The highest BCUT2D eigenvalue weighted by atomic mass is 19.1. The van der Waals surface area contributed by atoms with Crippen molar-refractivity contribution in [1.82, 2.24) is 15.1 Å². The first-order valence-electron chi connectivity index (χ1n) is 10.3. The molecule has 29 heavy (non-hydrogen) atoms. The Bertz CT molecular complexity index is 711. The second-order valence-corrected chi connectivity index (χ2v) is 8.40. The summed E-state index contributed by atoms with van der Waals surface area (Å²) in [4.78, 5) is 41.0. The molecule has 0 saturated carbocycles. The molecule has 1 unspecified atom stereocenters. The van der Waals surface area contributed by atoms with Gasteiger partial charge in [0.1, 0.15) is 11.9 Å². The van der Waals surface area contributed by atoms with Gasteiger partial charge >= 0.3 is 0 Å². The fourth-order valence-electron chi connectivity index (χ4n) is 3.38. The molecule has 1 aliphatic heterocycles. The first kappa shape index (κ1) is 22.8. The summed E-state index contributed by atoms with van der Waals surface area (Å²) in [5.41, 5.74) is 0.766. The van der Waals surface area contributed by atoms with Crippen LogP contribution in [0.1, 0.15) is 39.7 Å². The third kappa shape index (κ3) is 6.84. The van der Waals surface area contributed by atoms with Crippen molar-refractivity contribution >= 4 is 17.7 Å². The molecule has 1 fully saturated rings. The minimum Gasteiger partial charge on any atom is -0.344 e. The average Bonchev–Trinajstić information content (AvgIpc) is 2.66. The number of amides is 3. The van der Waals surface area contributed by atoms with Gasteiger partial charge < -0.3 is 15.1 Å². The SMILES string of the molecule is CC(C)CC(=O)NC(C(=O)N1CCN(C(=O)Cc2ccc(F)cc2)CC1)C(C)C. The van der Waals surface area contributed by atoms with Crippen LogP contribution in [0.4, 0.5) is 4.39 Å². The number of halogens is 1. The molecule has 2 rings (SSSR count). The van der Waals surface area contributed by atoms with Gasteiger partial charge in [-0.05, 0) is 29.5 Å². The summed E-state index contributed by atoms with van der Waals surface area (Å²) < 4.78 is 13.0. The van der Waals surface area contributed by atoms with Crippen molar-refractivity contribution < 1.29 is 18.8 Å². The molecule has 0 radical (unpaired) electrons. The predicted molar refractivity (Wildman–Crippen MR) is 109 cm³/mol. The van der Waals surface area contributed by atoms with E-state index in [4.69, 9.17) is 0 Å². The van der Waals surface area contributed by atoms with E-state index in [-0.39, 0.29) is 41.8 Å². The Hall–Kier alpha value is -2.44. The lowest BCUT2D eigenvalue weighted by Crippen LogP contribution is -2.57. The number of piperazine rings is 1. The van der Waals surface area contributed by atoms with E-state index in [1.165, 1.54) is 12.1 Å². The molecule has 0 aromatic heterocycles. The van der Waals surface area contributed by atoms with Crippen molar-refractivity contribution in [3.05, 3.63) is 35.6 Å². The minimum atomic E-state index is -0.553. The third-order valence-corrected chi connectivity index (χ3v) is 5.06. The Labute approximate surface area is 172 Å². The Kier molecular flexibility index (Phi) is 8.17. The highest BCUT2D eigenvalue weighted by Gasteiger charge is 2.31. The molecule has 1 aromatic carbocycles. The summed E-state index contributed by atoms with van der Waals surface area (Å²) in [5.74, 6) is -0.351. The average molecular weight is 406 g/mol. The molecule has 1 aliphatic rings. The number of nitrogens with zero attached hydrogens (tertiary/aromatic N) is 2. The summed E-state index contributed by atoms with van der Waals surface area (Å²) in [6, 6.07) is 5.36. The molecule has 0 aliphatic carbocycles. The molecule has 1 N–H and O–H groups in total. The fourth-order valence-corrected chi connectivity index (χ4v) is 3.38. The number of rotatable bonds is 7. The second-order valence-electron chi connectivity index (χ2n) is 8.40. The van der Waals surface area contributed by atoms with Crippen LogP contribution in [0.15, 0.2) is 24.3 Å². The Morgan fingerprint density at radius 3 is 2.03 bits per heavy atom. The zero-order valence-corrected chi connectivity index (χ0v) is 17.8. The van der Waals surface area contributed by atoms with Crippen molar-refractivity contribution in [2.75, 3.05) is 26.2 Å². The normalized spacial score (nSPS) is 15.6. The molecular weight excluding hydrogens is 373 g/mol. The van der Waals surface area contributed by atoms with Crippen molar-refractivity contribution in [2.45, 2.75) is 46.6 Å². The number of hydrogen-bond donors (Lipinski definition) is 1. The van der Waals surface area contributed by atoms with Gasteiger partial charge in [0, 0.05) is 32.6 Å². The molecule has 1 aromatic rings. The van der Waals surface area contributed by atoms with Gasteiger partial charge in [0.2, 0.25) is 17.7 Å². The van der Waals surface area contributed by atoms with E-state index >= 15 is 0 Å². The molecule has 3 amide bonds. The van der Waals surface area contributed by atoms with Crippen molar-refractivity contribution in [2.24, 2.45) is 11.8 Å². The van der Waals surface area contributed by atoms with Crippen LogP contribution in [0.5, 0.6) is 0 Å². The van der Waals surface area contributed by atoms with Gasteiger partial charge in [-0.3, -0.25) is 14.4 Å². The Morgan fingerprint density at radius 1 is 0.966 bits per heavy atom. The monoisotopic (exact) mass is 405 g/mol. The summed E-state index contributed by atoms with van der Waals surface area (Å²) in [6.07, 6.45) is 0.607.